The van der Waals surface area contributed by atoms with Gasteiger partial charge in [-0.25, -0.2) is 8.42 Å². The summed E-state index contributed by atoms with van der Waals surface area (Å²) in [6.07, 6.45) is 4.77. The topological polar surface area (TPSA) is 101 Å². The maximum absolute atomic E-state index is 13.7. The molecule has 39 heavy (non-hydrogen) atoms. The highest BCUT2D eigenvalue weighted by Gasteiger charge is 2.38. The van der Waals surface area contributed by atoms with E-state index in [1.165, 1.54) is 18.5 Å². The average molecular weight is 557 g/mol. The summed E-state index contributed by atoms with van der Waals surface area (Å²) in [7, 11) is -3.16. The fourth-order valence-corrected chi connectivity index (χ4v) is 6.43. The Labute approximate surface area is 226 Å². The van der Waals surface area contributed by atoms with Gasteiger partial charge in [-0.05, 0) is 54.8 Å². The number of ether oxygens (including phenoxy) is 1. The summed E-state index contributed by atoms with van der Waals surface area (Å²) in [6.45, 7) is 4.35. The number of sulfone groups is 1. The van der Waals surface area contributed by atoms with Gasteiger partial charge in [0.2, 0.25) is 0 Å². The zero-order valence-corrected chi connectivity index (χ0v) is 22.8. The van der Waals surface area contributed by atoms with Gasteiger partial charge in [0.15, 0.2) is 0 Å². The molecule has 11 heteroatoms. The predicted octanol–water partition coefficient (Wildman–Crippen LogP) is 4.24. The number of amides is 1. The number of aryl methyl sites for hydroxylation is 1. The number of benzene rings is 1. The second kappa shape index (κ2) is 10.3. The molecule has 8 nitrogen and oxygen atoms in total. The van der Waals surface area contributed by atoms with Crippen LogP contribution in [0.4, 0.5) is 20.2 Å². The van der Waals surface area contributed by atoms with Crippen LogP contribution in [0.1, 0.15) is 34.2 Å². The molecular weight excluding hydrogens is 526 g/mol. The zero-order valence-electron chi connectivity index (χ0n) is 21.9. The Kier molecular flexibility index (Phi) is 7.15. The summed E-state index contributed by atoms with van der Waals surface area (Å²) < 4.78 is 57.2. The number of hydrogen-bond donors (Lipinski definition) is 1. The lowest BCUT2D eigenvalue weighted by Gasteiger charge is -2.45. The number of nitrogens with zero attached hydrogens (tertiary/aromatic N) is 3. The van der Waals surface area contributed by atoms with Gasteiger partial charge in [-0.15, -0.1) is 0 Å². The summed E-state index contributed by atoms with van der Waals surface area (Å²) in [5.41, 5.74) is 4.63. The number of pyridine rings is 2. The summed E-state index contributed by atoms with van der Waals surface area (Å²) >= 11 is 0. The largest absolute Gasteiger partial charge is 0.377 e. The van der Waals surface area contributed by atoms with E-state index in [4.69, 9.17) is 9.72 Å². The first-order valence-electron chi connectivity index (χ1n) is 12.7. The van der Waals surface area contributed by atoms with E-state index in [1.807, 2.05) is 19.1 Å². The molecule has 2 atom stereocenters. The van der Waals surface area contributed by atoms with Gasteiger partial charge in [-0.2, -0.15) is 8.78 Å². The van der Waals surface area contributed by atoms with Crippen molar-refractivity contribution < 1.29 is 26.7 Å². The van der Waals surface area contributed by atoms with Crippen molar-refractivity contribution in [1.82, 2.24) is 9.97 Å². The molecule has 0 spiro atoms. The van der Waals surface area contributed by atoms with Gasteiger partial charge in [-0.3, -0.25) is 14.8 Å². The highest BCUT2D eigenvalue weighted by Crippen LogP contribution is 2.38. The Morgan fingerprint density at radius 3 is 2.74 bits per heavy atom. The molecule has 2 aromatic heterocycles. The normalized spacial score (nSPS) is 19.3. The van der Waals surface area contributed by atoms with Crippen LogP contribution in [0.25, 0.3) is 11.1 Å². The van der Waals surface area contributed by atoms with Crippen molar-refractivity contribution >= 4 is 27.1 Å². The molecule has 0 radical (unpaired) electrons. The van der Waals surface area contributed by atoms with E-state index in [-0.39, 0.29) is 23.3 Å². The third kappa shape index (κ3) is 5.94. The minimum absolute atomic E-state index is 0.0505. The number of carbonyl (C=O) groups is 1. The molecule has 2 aliphatic rings. The number of morpholine rings is 1. The lowest BCUT2D eigenvalue weighted by Crippen LogP contribution is -2.54. The van der Waals surface area contributed by atoms with Crippen molar-refractivity contribution in [3.63, 3.8) is 0 Å². The molecule has 1 aromatic carbocycles. The van der Waals surface area contributed by atoms with Crippen molar-refractivity contribution in [3.05, 3.63) is 71.3 Å². The van der Waals surface area contributed by atoms with Crippen LogP contribution in [-0.2, 0) is 26.9 Å². The third-order valence-electron chi connectivity index (χ3n) is 7.22. The van der Waals surface area contributed by atoms with E-state index in [9.17, 15) is 22.0 Å². The van der Waals surface area contributed by atoms with E-state index in [1.54, 1.807) is 12.3 Å². The molecule has 206 valence electrons. The van der Waals surface area contributed by atoms with Gasteiger partial charge in [0, 0.05) is 54.9 Å². The number of alkyl halides is 2. The second-order valence-electron chi connectivity index (χ2n) is 10.4. The monoisotopic (exact) mass is 556 g/mol. The average Bonchev–Trinajstić information content (AvgIpc) is 2.88. The van der Waals surface area contributed by atoms with Crippen LogP contribution in [0.15, 0.2) is 48.8 Å². The lowest BCUT2D eigenvalue weighted by molar-refractivity contribution is 0.0127. The Balaban J connectivity index is 1.43. The number of rotatable bonds is 6. The van der Waals surface area contributed by atoms with Crippen molar-refractivity contribution in [3.8, 4) is 11.1 Å². The van der Waals surface area contributed by atoms with Crippen molar-refractivity contribution in [2.45, 2.75) is 32.2 Å². The minimum atomic E-state index is -3.16. The molecule has 0 aliphatic carbocycles. The van der Waals surface area contributed by atoms with Crippen molar-refractivity contribution in [1.29, 1.82) is 0 Å². The standard InChI is InChI=1S/C28H30F2N4O4S/c1-17-4-5-21(33-27(35)18-6-7-31-26(12-18)28(2,29)30)13-22(17)19-11-24-23(32-14-19)10-20(16-39(3,36)37)25-15-38-9-8-34(24)25/h4-7,11-14,20,25H,8-10,15-16H2,1-3H3,(H,33,35). The fourth-order valence-electron chi connectivity index (χ4n) is 5.32. The number of nitrogens with one attached hydrogen (secondary N) is 1. The minimum Gasteiger partial charge on any atom is -0.377 e. The molecular formula is C28H30F2N4O4S. The molecule has 1 N–H and O–H groups in total. The van der Waals surface area contributed by atoms with Gasteiger partial charge >= 0.3 is 0 Å². The van der Waals surface area contributed by atoms with Gasteiger partial charge in [0.05, 0.1) is 36.4 Å². The summed E-state index contributed by atoms with van der Waals surface area (Å²) in [6, 6.07) is 9.96. The molecule has 4 heterocycles. The van der Waals surface area contributed by atoms with Crippen LogP contribution in [-0.4, -0.2) is 62.1 Å². The second-order valence-corrected chi connectivity index (χ2v) is 12.6. The van der Waals surface area contributed by atoms with Crippen molar-refractivity contribution in [2.24, 2.45) is 5.92 Å². The highest BCUT2D eigenvalue weighted by atomic mass is 32.2. The Morgan fingerprint density at radius 2 is 2.00 bits per heavy atom. The molecule has 0 bridgehead atoms. The maximum Gasteiger partial charge on any atom is 0.286 e. The summed E-state index contributed by atoms with van der Waals surface area (Å²) in [5.74, 6) is -3.70. The van der Waals surface area contributed by atoms with Gasteiger partial charge < -0.3 is 15.0 Å². The smallest absolute Gasteiger partial charge is 0.286 e. The Morgan fingerprint density at radius 1 is 1.21 bits per heavy atom. The third-order valence-corrected chi connectivity index (χ3v) is 8.25. The first-order valence-corrected chi connectivity index (χ1v) is 14.7. The number of fused-ring (bicyclic) bond motifs is 3. The van der Waals surface area contributed by atoms with E-state index in [0.29, 0.717) is 31.9 Å². The van der Waals surface area contributed by atoms with E-state index in [0.717, 1.165) is 41.1 Å². The highest BCUT2D eigenvalue weighted by molar-refractivity contribution is 7.90. The van der Waals surface area contributed by atoms with E-state index >= 15 is 0 Å². The van der Waals surface area contributed by atoms with Crippen LogP contribution in [0.3, 0.4) is 0 Å². The number of carbonyl (C=O) groups excluding carboxylic acids is 1. The first kappa shape index (κ1) is 27.1. The van der Waals surface area contributed by atoms with Crippen LogP contribution in [0.2, 0.25) is 0 Å². The molecule has 2 aliphatic heterocycles. The van der Waals surface area contributed by atoms with Gasteiger partial charge in [-0.1, -0.05) is 6.07 Å². The molecule has 5 rings (SSSR count). The van der Waals surface area contributed by atoms with Gasteiger partial charge in [0.1, 0.15) is 15.5 Å². The Hall–Kier alpha value is -3.44. The fraction of sp³-hybridized carbons (Fsp3) is 0.393. The Bertz CT molecular complexity index is 1520. The lowest BCUT2D eigenvalue weighted by atomic mass is 9.88. The summed E-state index contributed by atoms with van der Waals surface area (Å²) in [4.78, 5) is 23.5. The maximum atomic E-state index is 13.7. The van der Waals surface area contributed by atoms with Crippen LogP contribution in [0, 0.1) is 12.8 Å². The molecule has 1 fully saturated rings. The first-order chi connectivity index (χ1) is 18.4. The zero-order chi connectivity index (χ0) is 27.9. The van der Waals surface area contributed by atoms with Crippen molar-refractivity contribution in [2.75, 3.05) is 42.0 Å². The SMILES string of the molecule is Cc1ccc(NC(=O)c2ccnc(C(C)(F)F)c2)cc1-c1cnc2c(c1)N1CCOCC1C(CS(C)(=O)=O)C2. The van der Waals surface area contributed by atoms with Crippen LogP contribution >= 0.6 is 0 Å². The number of hydrogen-bond acceptors (Lipinski definition) is 7. The van der Waals surface area contributed by atoms with Gasteiger partial charge in [0.25, 0.3) is 11.8 Å². The van der Waals surface area contributed by atoms with E-state index in [2.05, 4.69) is 21.3 Å². The van der Waals surface area contributed by atoms with Crippen LogP contribution < -0.4 is 10.2 Å². The quantitative estimate of drug-likeness (QED) is 0.485. The van der Waals surface area contributed by atoms with E-state index < -0.39 is 27.4 Å². The molecule has 0 saturated carbocycles. The molecule has 1 saturated heterocycles. The number of anilines is 2. The summed E-state index contributed by atoms with van der Waals surface area (Å²) in [5, 5.41) is 2.79. The molecule has 3 aromatic rings. The number of aromatic nitrogens is 2. The number of halogens is 2. The molecule has 1 amide bonds. The van der Waals surface area contributed by atoms with Crippen LogP contribution in [0.5, 0.6) is 0 Å². The predicted molar refractivity (Wildman–Crippen MR) is 145 cm³/mol. The molecule has 2 unspecified atom stereocenters.